The van der Waals surface area contributed by atoms with E-state index in [2.05, 4.69) is 15.4 Å². The van der Waals surface area contributed by atoms with Gasteiger partial charge in [0.15, 0.2) is 6.79 Å². The fourth-order valence-electron chi connectivity index (χ4n) is 1.90. The first kappa shape index (κ1) is 11.3. The molecule has 0 saturated heterocycles. The fraction of sp³-hybridized carbons (Fsp3) is 0.889. The number of carbonyl (C=O) groups excluding carboxylic acids is 1. The van der Waals surface area contributed by atoms with E-state index in [-0.39, 0.29) is 6.04 Å². The van der Waals surface area contributed by atoms with Crippen molar-refractivity contribution in [2.24, 2.45) is 0 Å². The number of aliphatic hydroxyl groups excluding tert-OH is 1. The van der Waals surface area contributed by atoms with Crippen LogP contribution in [0.2, 0.25) is 0 Å². The van der Waals surface area contributed by atoms with Crippen molar-refractivity contribution in [1.82, 2.24) is 10.6 Å². The maximum Gasteiger partial charge on any atom is 0.409 e. The topological polar surface area (TPSA) is 70.6 Å². The third-order valence-corrected chi connectivity index (χ3v) is 2.64. The Morgan fingerprint density at radius 3 is 2.64 bits per heavy atom. The third kappa shape index (κ3) is 3.16. The quantitative estimate of drug-likeness (QED) is 0.571. The molecule has 3 N–H and O–H groups in total. The van der Waals surface area contributed by atoms with Crippen molar-refractivity contribution in [2.45, 2.75) is 37.8 Å². The highest BCUT2D eigenvalue weighted by molar-refractivity contribution is 5.67. The molecule has 1 amide bonds. The van der Waals surface area contributed by atoms with Crippen LogP contribution in [0.15, 0.2) is 0 Å². The minimum atomic E-state index is -0.567. The number of hydrogen-bond acceptors (Lipinski definition) is 4. The molecule has 0 aromatic rings. The van der Waals surface area contributed by atoms with E-state index in [9.17, 15) is 4.79 Å². The maximum absolute atomic E-state index is 11.1. The van der Waals surface area contributed by atoms with Crippen LogP contribution in [0.3, 0.4) is 0 Å². The number of ether oxygens (including phenoxy) is 1. The van der Waals surface area contributed by atoms with Crippen LogP contribution in [0.1, 0.15) is 25.7 Å². The van der Waals surface area contributed by atoms with E-state index in [1.165, 1.54) is 6.42 Å². The largest absolute Gasteiger partial charge is 0.423 e. The van der Waals surface area contributed by atoms with Crippen LogP contribution in [-0.4, -0.2) is 37.1 Å². The van der Waals surface area contributed by atoms with Crippen LogP contribution in [0.4, 0.5) is 4.79 Å². The van der Waals surface area contributed by atoms with Gasteiger partial charge in [-0.3, -0.25) is 0 Å². The van der Waals surface area contributed by atoms with Gasteiger partial charge in [0, 0.05) is 12.1 Å². The standard InChI is InChI=1S/C9H18N2O3/c1-10-7-4-2-3-5-8(7)11-9(13)14-6-12/h7-8,10,12H,2-6H2,1H3,(H,11,13). The predicted octanol–water partition coefficient (Wildman–Crippen LogP) is 0.193. The Labute approximate surface area is 83.8 Å². The third-order valence-electron chi connectivity index (χ3n) is 2.64. The minimum Gasteiger partial charge on any atom is -0.423 e. The van der Waals surface area contributed by atoms with Gasteiger partial charge in [-0.25, -0.2) is 4.79 Å². The summed E-state index contributed by atoms with van der Waals surface area (Å²) in [6.45, 7) is -0.567. The summed E-state index contributed by atoms with van der Waals surface area (Å²) in [7, 11) is 1.89. The average Bonchev–Trinajstić information content (AvgIpc) is 2.19. The number of carbonyl (C=O) groups is 1. The van der Waals surface area contributed by atoms with Gasteiger partial charge in [-0.2, -0.15) is 0 Å². The van der Waals surface area contributed by atoms with Crippen LogP contribution in [-0.2, 0) is 4.74 Å². The summed E-state index contributed by atoms with van der Waals surface area (Å²) in [6, 6.07) is 0.433. The molecule has 2 unspecified atom stereocenters. The maximum atomic E-state index is 11.1. The average molecular weight is 202 g/mol. The molecule has 0 aromatic carbocycles. The molecule has 5 heteroatoms. The lowest BCUT2D eigenvalue weighted by atomic mass is 9.90. The van der Waals surface area contributed by atoms with E-state index in [0.717, 1.165) is 19.3 Å². The van der Waals surface area contributed by atoms with Crippen molar-refractivity contribution < 1.29 is 14.6 Å². The van der Waals surface area contributed by atoms with E-state index in [0.29, 0.717) is 6.04 Å². The summed E-state index contributed by atoms with van der Waals surface area (Å²) >= 11 is 0. The van der Waals surface area contributed by atoms with Crippen molar-refractivity contribution >= 4 is 6.09 Å². The molecule has 0 aromatic heterocycles. The predicted molar refractivity (Wildman–Crippen MR) is 51.8 cm³/mol. The molecule has 1 rings (SSSR count). The molecule has 82 valence electrons. The first-order chi connectivity index (χ1) is 6.77. The Kier molecular flexibility index (Phi) is 4.69. The van der Waals surface area contributed by atoms with Crippen molar-refractivity contribution in [3.05, 3.63) is 0 Å². The Bertz CT molecular complexity index is 187. The smallest absolute Gasteiger partial charge is 0.409 e. The first-order valence-electron chi connectivity index (χ1n) is 4.99. The van der Waals surface area contributed by atoms with Crippen molar-refractivity contribution in [1.29, 1.82) is 0 Å². The summed E-state index contributed by atoms with van der Waals surface area (Å²) in [4.78, 5) is 11.1. The zero-order chi connectivity index (χ0) is 10.4. The zero-order valence-corrected chi connectivity index (χ0v) is 8.45. The molecule has 1 aliphatic carbocycles. The SMILES string of the molecule is CNC1CCCCC1NC(=O)OCO. The zero-order valence-electron chi connectivity index (χ0n) is 8.45. The number of aliphatic hydroxyl groups is 1. The number of alkyl carbamates (subject to hydrolysis) is 1. The fourth-order valence-corrected chi connectivity index (χ4v) is 1.90. The van der Waals surface area contributed by atoms with Crippen LogP contribution in [0.5, 0.6) is 0 Å². The molecule has 1 saturated carbocycles. The van der Waals surface area contributed by atoms with Crippen molar-refractivity contribution in [3.63, 3.8) is 0 Å². The number of nitrogens with one attached hydrogen (secondary N) is 2. The van der Waals surface area contributed by atoms with E-state index >= 15 is 0 Å². The molecular weight excluding hydrogens is 184 g/mol. The van der Waals surface area contributed by atoms with E-state index in [1.807, 2.05) is 7.05 Å². The summed E-state index contributed by atoms with van der Waals surface area (Å²) in [5.74, 6) is 0. The Morgan fingerprint density at radius 2 is 2.07 bits per heavy atom. The van der Waals surface area contributed by atoms with E-state index < -0.39 is 12.9 Å². The minimum absolute atomic E-state index is 0.118. The van der Waals surface area contributed by atoms with Gasteiger partial charge < -0.3 is 20.5 Å². The highest BCUT2D eigenvalue weighted by atomic mass is 16.6. The normalized spacial score (nSPS) is 27.0. The van der Waals surface area contributed by atoms with Crippen molar-refractivity contribution in [3.8, 4) is 0 Å². The van der Waals surface area contributed by atoms with Crippen LogP contribution < -0.4 is 10.6 Å². The van der Waals surface area contributed by atoms with Gasteiger partial charge in [0.2, 0.25) is 0 Å². The summed E-state index contributed by atoms with van der Waals surface area (Å²) < 4.78 is 4.42. The monoisotopic (exact) mass is 202 g/mol. The second-order valence-corrected chi connectivity index (χ2v) is 3.49. The molecule has 0 radical (unpaired) electrons. The van der Waals surface area contributed by atoms with E-state index in [4.69, 9.17) is 5.11 Å². The second-order valence-electron chi connectivity index (χ2n) is 3.49. The highest BCUT2D eigenvalue weighted by Gasteiger charge is 2.25. The molecule has 5 nitrogen and oxygen atoms in total. The lowest BCUT2D eigenvalue weighted by molar-refractivity contribution is 0.0409. The van der Waals surface area contributed by atoms with Gasteiger partial charge in [0.25, 0.3) is 0 Å². The number of likely N-dealkylation sites (N-methyl/N-ethyl adjacent to an activating group) is 1. The Balaban J connectivity index is 2.36. The Morgan fingerprint density at radius 1 is 1.43 bits per heavy atom. The van der Waals surface area contributed by atoms with Gasteiger partial charge in [-0.15, -0.1) is 0 Å². The molecule has 0 heterocycles. The summed E-state index contributed by atoms with van der Waals surface area (Å²) in [5, 5.41) is 14.3. The number of rotatable bonds is 3. The molecule has 2 atom stereocenters. The molecule has 1 aliphatic rings. The van der Waals surface area contributed by atoms with Gasteiger partial charge >= 0.3 is 6.09 Å². The first-order valence-corrected chi connectivity index (χ1v) is 4.99. The van der Waals surface area contributed by atoms with Gasteiger partial charge in [0.1, 0.15) is 0 Å². The van der Waals surface area contributed by atoms with Crippen molar-refractivity contribution in [2.75, 3.05) is 13.8 Å². The molecular formula is C9H18N2O3. The number of hydrogen-bond donors (Lipinski definition) is 3. The molecule has 0 aliphatic heterocycles. The van der Waals surface area contributed by atoms with E-state index in [1.54, 1.807) is 0 Å². The molecule has 0 spiro atoms. The van der Waals surface area contributed by atoms with Gasteiger partial charge in [0.05, 0.1) is 0 Å². The van der Waals surface area contributed by atoms with Crippen LogP contribution in [0.25, 0.3) is 0 Å². The molecule has 0 bridgehead atoms. The van der Waals surface area contributed by atoms with Gasteiger partial charge in [-0.1, -0.05) is 12.8 Å². The lowest BCUT2D eigenvalue weighted by Crippen LogP contribution is -2.50. The lowest BCUT2D eigenvalue weighted by Gasteiger charge is -2.31. The summed E-state index contributed by atoms with van der Waals surface area (Å²) in [5.41, 5.74) is 0. The van der Waals surface area contributed by atoms with Gasteiger partial charge in [-0.05, 0) is 19.9 Å². The molecule has 14 heavy (non-hydrogen) atoms. The van der Waals surface area contributed by atoms with Crippen LogP contribution in [0, 0.1) is 0 Å². The van der Waals surface area contributed by atoms with Crippen LogP contribution >= 0.6 is 0 Å². The highest BCUT2D eigenvalue weighted by Crippen LogP contribution is 2.18. The number of amides is 1. The molecule has 1 fully saturated rings. The second kappa shape index (κ2) is 5.82. The summed E-state index contributed by atoms with van der Waals surface area (Å²) in [6.07, 6.45) is 3.81. The Hall–Kier alpha value is -0.810.